The summed E-state index contributed by atoms with van der Waals surface area (Å²) < 4.78 is 13.3. The normalized spacial score (nSPS) is 17.4. The fraction of sp³-hybridized carbons (Fsp3) is 0.421. The molecule has 0 saturated carbocycles. The van der Waals surface area contributed by atoms with E-state index in [0.717, 1.165) is 21.1 Å². The lowest BCUT2D eigenvalue weighted by atomic mass is 10.1. The van der Waals surface area contributed by atoms with Gasteiger partial charge in [0.15, 0.2) is 0 Å². The van der Waals surface area contributed by atoms with Gasteiger partial charge in [0, 0.05) is 29.5 Å². The number of thiazole rings is 1. The molecule has 1 aromatic heterocycles. The third-order valence-electron chi connectivity index (χ3n) is 4.72. The van der Waals surface area contributed by atoms with Crippen LogP contribution in [-0.4, -0.2) is 40.8 Å². The molecule has 2 heterocycles. The van der Waals surface area contributed by atoms with E-state index >= 15 is 0 Å². The molecule has 0 spiro atoms. The first kappa shape index (κ1) is 20.7. The van der Waals surface area contributed by atoms with Crippen molar-refractivity contribution in [2.45, 2.75) is 39.4 Å². The molecule has 2 N–H and O–H groups in total. The molecule has 150 valence electrons. The minimum Gasteiger partial charge on any atom is -0.353 e. The quantitative estimate of drug-likeness (QED) is 0.747. The molecule has 1 saturated heterocycles. The topological polar surface area (TPSA) is 74.3 Å². The molecule has 1 aliphatic heterocycles. The third-order valence-corrected chi connectivity index (χ3v) is 6.14. The van der Waals surface area contributed by atoms with Gasteiger partial charge in [-0.3, -0.25) is 14.5 Å². The zero-order valence-corrected chi connectivity index (χ0v) is 17.3. The Morgan fingerprint density at radius 2 is 2.25 bits per heavy atom. The number of aromatic nitrogens is 1. The molecule has 0 bridgehead atoms. The monoisotopic (exact) mass is 424 g/mol. The van der Waals surface area contributed by atoms with Crippen LogP contribution in [0.4, 0.5) is 4.39 Å². The first-order valence-corrected chi connectivity index (χ1v) is 10.2. The second-order valence-electron chi connectivity index (χ2n) is 6.74. The molecule has 9 heteroatoms. The minimum absolute atomic E-state index is 0.0357. The highest BCUT2D eigenvalue weighted by atomic mass is 35.5. The van der Waals surface area contributed by atoms with E-state index in [0.29, 0.717) is 31.2 Å². The van der Waals surface area contributed by atoms with E-state index in [9.17, 15) is 14.0 Å². The summed E-state index contributed by atoms with van der Waals surface area (Å²) in [4.78, 5) is 32.2. The van der Waals surface area contributed by atoms with E-state index in [1.54, 1.807) is 17.4 Å². The van der Waals surface area contributed by atoms with Crippen LogP contribution in [0.5, 0.6) is 0 Å². The number of piperazine rings is 1. The van der Waals surface area contributed by atoms with Crippen LogP contribution in [0.15, 0.2) is 18.2 Å². The molecule has 0 radical (unpaired) electrons. The van der Waals surface area contributed by atoms with E-state index in [-0.39, 0.29) is 18.2 Å². The highest BCUT2D eigenvalue weighted by Crippen LogP contribution is 2.22. The molecule has 0 aliphatic carbocycles. The van der Waals surface area contributed by atoms with Crippen molar-refractivity contribution in [3.05, 3.63) is 50.2 Å². The molecule has 2 amide bonds. The lowest BCUT2D eigenvalue weighted by Crippen LogP contribution is -2.56. The van der Waals surface area contributed by atoms with Crippen molar-refractivity contribution in [2.75, 3.05) is 13.1 Å². The van der Waals surface area contributed by atoms with Crippen molar-refractivity contribution >= 4 is 34.8 Å². The van der Waals surface area contributed by atoms with Gasteiger partial charge in [0.25, 0.3) is 0 Å². The maximum absolute atomic E-state index is 13.3. The summed E-state index contributed by atoms with van der Waals surface area (Å²) in [6.45, 7) is 5.71. The third kappa shape index (κ3) is 5.06. The van der Waals surface area contributed by atoms with Gasteiger partial charge in [-0.15, -0.1) is 11.3 Å². The summed E-state index contributed by atoms with van der Waals surface area (Å²) >= 11 is 7.67. The van der Waals surface area contributed by atoms with Crippen LogP contribution in [0.1, 0.15) is 27.6 Å². The Morgan fingerprint density at radius 3 is 2.93 bits per heavy atom. The highest BCUT2D eigenvalue weighted by molar-refractivity contribution is 7.11. The first-order chi connectivity index (χ1) is 13.3. The number of halogens is 2. The van der Waals surface area contributed by atoms with Crippen molar-refractivity contribution in [3.8, 4) is 0 Å². The minimum atomic E-state index is -0.602. The number of aryl methyl sites for hydroxylation is 2. The second-order valence-corrected chi connectivity index (χ2v) is 8.44. The zero-order chi connectivity index (χ0) is 20.3. The van der Waals surface area contributed by atoms with Crippen molar-refractivity contribution in [2.24, 2.45) is 0 Å². The predicted octanol–water partition coefficient (Wildman–Crippen LogP) is 2.56. The van der Waals surface area contributed by atoms with Crippen molar-refractivity contribution in [1.82, 2.24) is 20.5 Å². The number of nitrogens with zero attached hydrogens (tertiary/aromatic N) is 2. The molecule has 2 aromatic rings. The zero-order valence-electron chi connectivity index (χ0n) is 15.7. The molecule has 28 heavy (non-hydrogen) atoms. The van der Waals surface area contributed by atoms with Gasteiger partial charge in [-0.05, 0) is 31.5 Å². The van der Waals surface area contributed by atoms with Crippen LogP contribution >= 0.6 is 22.9 Å². The molecule has 1 aromatic carbocycles. The Hall–Kier alpha value is -2.03. The van der Waals surface area contributed by atoms with Gasteiger partial charge in [0.1, 0.15) is 10.8 Å². The number of amides is 2. The molecule has 1 atom stereocenters. The van der Waals surface area contributed by atoms with Gasteiger partial charge < -0.3 is 10.6 Å². The Balaban J connectivity index is 1.63. The van der Waals surface area contributed by atoms with Gasteiger partial charge in [-0.1, -0.05) is 17.7 Å². The molecule has 1 unspecified atom stereocenters. The summed E-state index contributed by atoms with van der Waals surface area (Å²) in [5, 5.41) is 6.78. The fourth-order valence-corrected chi connectivity index (χ4v) is 4.18. The molecular weight excluding hydrogens is 403 g/mol. The maximum atomic E-state index is 13.3. The van der Waals surface area contributed by atoms with E-state index in [1.165, 1.54) is 12.1 Å². The van der Waals surface area contributed by atoms with Crippen molar-refractivity contribution in [3.63, 3.8) is 0 Å². The molecule has 1 aliphatic rings. The average Bonchev–Trinajstić information content (AvgIpc) is 2.96. The number of carbonyl (C=O) groups excluding carboxylic acids is 2. The lowest BCUT2D eigenvalue weighted by molar-refractivity contribution is -0.134. The Bertz CT molecular complexity index is 869. The van der Waals surface area contributed by atoms with Gasteiger partial charge in [-0.2, -0.15) is 0 Å². The summed E-state index contributed by atoms with van der Waals surface area (Å²) in [7, 11) is 0. The number of nitrogens with one attached hydrogen (secondary N) is 2. The van der Waals surface area contributed by atoms with Gasteiger partial charge >= 0.3 is 0 Å². The Kier molecular flexibility index (Phi) is 6.64. The van der Waals surface area contributed by atoms with Crippen LogP contribution in [0, 0.1) is 19.7 Å². The summed E-state index contributed by atoms with van der Waals surface area (Å²) in [5.41, 5.74) is 1.68. The van der Waals surface area contributed by atoms with Crippen molar-refractivity contribution in [1.29, 1.82) is 0 Å². The van der Waals surface area contributed by atoms with E-state index in [2.05, 4.69) is 15.6 Å². The average molecular weight is 425 g/mol. The predicted molar refractivity (Wildman–Crippen MR) is 107 cm³/mol. The summed E-state index contributed by atoms with van der Waals surface area (Å²) in [6, 6.07) is 3.59. The van der Waals surface area contributed by atoms with Gasteiger partial charge in [-0.25, -0.2) is 9.37 Å². The van der Waals surface area contributed by atoms with Gasteiger partial charge in [0.05, 0.1) is 24.7 Å². The fourth-order valence-electron chi connectivity index (χ4n) is 3.08. The Labute approximate surface area is 172 Å². The van der Waals surface area contributed by atoms with Crippen LogP contribution < -0.4 is 10.6 Å². The van der Waals surface area contributed by atoms with Crippen LogP contribution in [-0.2, 0) is 22.7 Å². The summed E-state index contributed by atoms with van der Waals surface area (Å²) in [6.07, 6.45) is 0.0357. The van der Waals surface area contributed by atoms with Crippen LogP contribution in [0.25, 0.3) is 0 Å². The van der Waals surface area contributed by atoms with Crippen LogP contribution in [0.2, 0.25) is 5.02 Å². The standard InChI is InChI=1S/C19H22ClFN4O2S/c1-11-12(2)28-18(24-11)9-23-17(26)8-16-19(27)22-5-6-25(16)10-13-3-4-14(21)7-15(13)20/h3-4,7,16H,5-6,8-10H2,1-2H3,(H,22,27)(H,23,26). The van der Waals surface area contributed by atoms with Crippen LogP contribution in [0.3, 0.4) is 0 Å². The van der Waals surface area contributed by atoms with E-state index in [4.69, 9.17) is 11.6 Å². The van der Waals surface area contributed by atoms with E-state index < -0.39 is 11.9 Å². The number of benzene rings is 1. The number of carbonyl (C=O) groups is 2. The van der Waals surface area contributed by atoms with Crippen molar-refractivity contribution < 1.29 is 14.0 Å². The maximum Gasteiger partial charge on any atom is 0.237 e. The second kappa shape index (κ2) is 8.98. The molecule has 1 fully saturated rings. The number of rotatable bonds is 6. The smallest absolute Gasteiger partial charge is 0.237 e. The van der Waals surface area contributed by atoms with Gasteiger partial charge in [0.2, 0.25) is 11.8 Å². The summed E-state index contributed by atoms with van der Waals surface area (Å²) in [5.74, 6) is -0.822. The first-order valence-electron chi connectivity index (χ1n) is 8.99. The highest BCUT2D eigenvalue weighted by Gasteiger charge is 2.32. The Morgan fingerprint density at radius 1 is 1.46 bits per heavy atom. The largest absolute Gasteiger partial charge is 0.353 e. The molecular formula is C19H22ClFN4O2S. The number of hydrogen-bond acceptors (Lipinski definition) is 5. The SMILES string of the molecule is Cc1nc(CNC(=O)CC2C(=O)NCCN2Cc2ccc(F)cc2Cl)sc1C. The molecule has 3 rings (SSSR count). The van der Waals surface area contributed by atoms with E-state index in [1.807, 2.05) is 18.7 Å². The molecule has 6 nitrogen and oxygen atoms in total. The lowest BCUT2D eigenvalue weighted by Gasteiger charge is -2.34. The number of hydrogen-bond donors (Lipinski definition) is 2.